The van der Waals surface area contributed by atoms with Crippen LogP contribution in [0.1, 0.15) is 17.0 Å². The highest BCUT2D eigenvalue weighted by Gasteiger charge is 2.24. The molecule has 0 saturated heterocycles. The number of benzene rings is 1. The lowest BCUT2D eigenvalue weighted by molar-refractivity contribution is -0.138. The average molecular weight is 232 g/mol. The van der Waals surface area contributed by atoms with Crippen LogP contribution in [0.15, 0.2) is 12.1 Å². The highest BCUT2D eigenvalue weighted by molar-refractivity contribution is 6.31. The van der Waals surface area contributed by atoms with Gasteiger partial charge in [0.05, 0.1) is 5.92 Å². The van der Waals surface area contributed by atoms with E-state index < -0.39 is 17.7 Å². The fourth-order valence-corrected chi connectivity index (χ4v) is 1.60. The maximum atomic E-state index is 13.5. The minimum atomic E-state index is -1.15. The average Bonchev–Trinajstić information content (AvgIpc) is 2.18. The number of carboxylic acids is 1. The van der Waals surface area contributed by atoms with Crippen LogP contribution >= 0.6 is 11.6 Å². The summed E-state index contributed by atoms with van der Waals surface area (Å²) in [5, 5.41) is 9.22. The third-order valence-corrected chi connectivity index (χ3v) is 2.69. The van der Waals surface area contributed by atoms with Crippen LogP contribution in [0.25, 0.3) is 0 Å². The Labute approximate surface area is 91.7 Å². The molecule has 0 amide bonds. The van der Waals surface area contributed by atoms with Crippen molar-refractivity contribution in [2.45, 2.75) is 12.8 Å². The third-order valence-electron chi connectivity index (χ3n) is 2.28. The number of nitrogens with two attached hydrogens (primary N) is 1. The molecule has 3 nitrogen and oxygen atoms in total. The van der Waals surface area contributed by atoms with Crippen LogP contribution < -0.4 is 5.73 Å². The largest absolute Gasteiger partial charge is 0.481 e. The number of carboxylic acid groups (broad SMARTS) is 1. The molecule has 0 aliphatic heterocycles. The number of carbonyl (C=O) groups is 1. The Morgan fingerprint density at radius 2 is 2.27 bits per heavy atom. The summed E-state index contributed by atoms with van der Waals surface area (Å²) in [6.07, 6.45) is 0. The van der Waals surface area contributed by atoms with E-state index in [-0.39, 0.29) is 12.1 Å². The van der Waals surface area contributed by atoms with Gasteiger partial charge in [-0.3, -0.25) is 4.79 Å². The van der Waals surface area contributed by atoms with Crippen LogP contribution in [0, 0.1) is 12.7 Å². The number of aliphatic carboxylic acids is 1. The Kier molecular flexibility index (Phi) is 3.66. The lowest BCUT2D eigenvalue weighted by Crippen LogP contribution is -2.23. The molecule has 3 N–H and O–H groups in total. The van der Waals surface area contributed by atoms with E-state index >= 15 is 0 Å². The molecule has 0 fully saturated rings. The quantitative estimate of drug-likeness (QED) is 0.835. The molecule has 1 atom stereocenters. The molecular formula is C10H11ClFNO2. The summed E-state index contributed by atoms with van der Waals surface area (Å²) in [4.78, 5) is 10.9. The van der Waals surface area contributed by atoms with Crippen molar-refractivity contribution in [2.24, 2.45) is 5.73 Å². The first-order chi connectivity index (χ1) is 6.99. The Balaban J connectivity index is 3.34. The summed E-state index contributed by atoms with van der Waals surface area (Å²) < 4.78 is 13.5. The van der Waals surface area contributed by atoms with Gasteiger partial charge in [-0.05, 0) is 24.6 Å². The van der Waals surface area contributed by atoms with Gasteiger partial charge < -0.3 is 10.8 Å². The van der Waals surface area contributed by atoms with Crippen LogP contribution in [0.4, 0.5) is 4.39 Å². The van der Waals surface area contributed by atoms with E-state index in [1.54, 1.807) is 6.92 Å². The summed E-state index contributed by atoms with van der Waals surface area (Å²) in [7, 11) is 0. The molecule has 1 rings (SSSR count). The van der Waals surface area contributed by atoms with E-state index in [9.17, 15) is 9.18 Å². The van der Waals surface area contributed by atoms with Gasteiger partial charge in [0.25, 0.3) is 0 Å². The van der Waals surface area contributed by atoms with Crippen molar-refractivity contribution in [3.05, 3.63) is 34.1 Å². The van der Waals surface area contributed by atoms with Crippen molar-refractivity contribution in [3.8, 4) is 0 Å². The Bertz CT molecular complexity index is 395. The Morgan fingerprint density at radius 1 is 1.67 bits per heavy atom. The van der Waals surface area contributed by atoms with E-state index in [0.29, 0.717) is 10.6 Å². The summed E-state index contributed by atoms with van der Waals surface area (Å²) in [6.45, 7) is 1.42. The predicted molar refractivity (Wildman–Crippen MR) is 55.6 cm³/mol. The molecule has 0 saturated carbocycles. The summed E-state index contributed by atoms with van der Waals surface area (Å²) in [6, 6.07) is 2.54. The molecule has 1 aromatic carbocycles. The normalized spacial score (nSPS) is 12.5. The van der Waals surface area contributed by atoms with Crippen molar-refractivity contribution < 1.29 is 14.3 Å². The highest BCUT2D eigenvalue weighted by Crippen LogP contribution is 2.28. The molecule has 1 unspecified atom stereocenters. The molecular weight excluding hydrogens is 221 g/mol. The van der Waals surface area contributed by atoms with Crippen LogP contribution in [0.3, 0.4) is 0 Å². The van der Waals surface area contributed by atoms with Gasteiger partial charge >= 0.3 is 5.97 Å². The number of hydrogen-bond acceptors (Lipinski definition) is 2. The van der Waals surface area contributed by atoms with Crippen LogP contribution in [0.5, 0.6) is 0 Å². The monoisotopic (exact) mass is 231 g/mol. The second kappa shape index (κ2) is 4.59. The molecule has 0 bridgehead atoms. The van der Waals surface area contributed by atoms with Crippen molar-refractivity contribution in [3.63, 3.8) is 0 Å². The number of hydrogen-bond donors (Lipinski definition) is 2. The second-order valence-electron chi connectivity index (χ2n) is 3.19. The third kappa shape index (κ3) is 2.27. The minimum Gasteiger partial charge on any atom is -0.481 e. The fourth-order valence-electron chi connectivity index (χ4n) is 1.44. The topological polar surface area (TPSA) is 63.3 Å². The Morgan fingerprint density at radius 3 is 2.73 bits per heavy atom. The molecule has 0 aliphatic carbocycles. The number of rotatable bonds is 3. The molecule has 1 aromatic rings. The smallest absolute Gasteiger partial charge is 0.312 e. The van der Waals surface area contributed by atoms with Crippen LogP contribution in [-0.4, -0.2) is 17.6 Å². The first kappa shape index (κ1) is 11.9. The zero-order valence-corrected chi connectivity index (χ0v) is 8.88. The molecule has 0 spiro atoms. The van der Waals surface area contributed by atoms with E-state index in [1.807, 2.05) is 0 Å². The summed E-state index contributed by atoms with van der Waals surface area (Å²) in [5.41, 5.74) is 5.80. The van der Waals surface area contributed by atoms with Gasteiger partial charge in [0.2, 0.25) is 0 Å². The van der Waals surface area contributed by atoms with Gasteiger partial charge in [0, 0.05) is 17.1 Å². The van der Waals surface area contributed by atoms with Gasteiger partial charge in [0.1, 0.15) is 5.82 Å². The summed E-state index contributed by atoms with van der Waals surface area (Å²) in [5.74, 6) is -2.79. The van der Waals surface area contributed by atoms with E-state index in [2.05, 4.69) is 0 Å². The zero-order chi connectivity index (χ0) is 11.6. The predicted octanol–water partition coefficient (Wildman–Crippen LogP) is 1.91. The molecule has 0 aromatic heterocycles. The molecule has 0 radical (unpaired) electrons. The first-order valence-electron chi connectivity index (χ1n) is 4.36. The highest BCUT2D eigenvalue weighted by atomic mass is 35.5. The van der Waals surface area contributed by atoms with E-state index in [0.717, 1.165) is 6.07 Å². The number of halogens is 2. The van der Waals surface area contributed by atoms with Crippen LogP contribution in [0.2, 0.25) is 5.02 Å². The van der Waals surface area contributed by atoms with Gasteiger partial charge in [-0.15, -0.1) is 0 Å². The van der Waals surface area contributed by atoms with Crippen molar-refractivity contribution in [1.29, 1.82) is 0 Å². The van der Waals surface area contributed by atoms with Crippen molar-refractivity contribution in [2.75, 3.05) is 6.54 Å². The van der Waals surface area contributed by atoms with Gasteiger partial charge in [-0.2, -0.15) is 0 Å². The Hall–Kier alpha value is -1.13. The maximum absolute atomic E-state index is 13.5. The van der Waals surface area contributed by atoms with E-state index in [1.165, 1.54) is 6.07 Å². The van der Waals surface area contributed by atoms with E-state index in [4.69, 9.17) is 22.4 Å². The molecule has 82 valence electrons. The lowest BCUT2D eigenvalue weighted by Gasteiger charge is -2.14. The molecule has 15 heavy (non-hydrogen) atoms. The minimum absolute atomic E-state index is 0.0671. The van der Waals surface area contributed by atoms with Gasteiger partial charge in [-0.25, -0.2) is 4.39 Å². The molecule has 5 heteroatoms. The first-order valence-corrected chi connectivity index (χ1v) is 4.74. The van der Waals surface area contributed by atoms with Crippen LogP contribution in [-0.2, 0) is 4.79 Å². The summed E-state index contributed by atoms with van der Waals surface area (Å²) >= 11 is 5.79. The lowest BCUT2D eigenvalue weighted by atomic mass is 9.94. The fraction of sp³-hybridized carbons (Fsp3) is 0.300. The zero-order valence-electron chi connectivity index (χ0n) is 8.13. The van der Waals surface area contributed by atoms with Gasteiger partial charge in [-0.1, -0.05) is 11.6 Å². The second-order valence-corrected chi connectivity index (χ2v) is 3.60. The molecule has 0 aliphatic rings. The van der Waals surface area contributed by atoms with Crippen molar-refractivity contribution in [1.82, 2.24) is 0 Å². The maximum Gasteiger partial charge on any atom is 0.312 e. The SMILES string of the molecule is Cc1c(Cl)ccc(F)c1C(CN)C(=O)O. The van der Waals surface area contributed by atoms with Gasteiger partial charge in [0.15, 0.2) is 0 Å². The standard InChI is InChI=1S/C10H11ClFNO2/c1-5-7(11)2-3-8(12)9(5)6(4-13)10(14)15/h2-3,6H,4,13H2,1H3,(H,14,15). The molecule has 0 heterocycles. The van der Waals surface area contributed by atoms with Crippen molar-refractivity contribution >= 4 is 17.6 Å².